The largest absolute Gasteiger partial charge is 0.469 e. The van der Waals surface area contributed by atoms with Gasteiger partial charge in [0.15, 0.2) is 0 Å². The van der Waals surface area contributed by atoms with Gasteiger partial charge in [0.05, 0.1) is 19.2 Å². The Hall–Kier alpha value is -1.89. The topological polar surface area (TPSA) is 109 Å². The Morgan fingerprint density at radius 2 is 2.38 bits per heavy atom. The van der Waals surface area contributed by atoms with Crippen molar-refractivity contribution in [3.63, 3.8) is 0 Å². The number of nitrogens with two attached hydrogens (primary N) is 1. The number of methoxy groups -OCH3 is 1. The smallest absolute Gasteiger partial charge is 0.433 e. The van der Waals surface area contributed by atoms with Crippen molar-refractivity contribution >= 4 is 11.9 Å². The number of hydrogen-bond acceptors (Lipinski definition) is 6. The van der Waals surface area contributed by atoms with Crippen LogP contribution in [-0.4, -0.2) is 18.0 Å². The Labute approximate surface area is 91.3 Å². The molecule has 1 unspecified atom stereocenters. The normalized spacial score (nSPS) is 12.1. The van der Waals surface area contributed by atoms with Crippen LogP contribution in [-0.2, 0) is 9.53 Å². The van der Waals surface area contributed by atoms with Crippen LogP contribution in [0.25, 0.3) is 0 Å². The molecule has 0 saturated heterocycles. The summed E-state index contributed by atoms with van der Waals surface area (Å²) < 4.78 is 9.34. The first-order valence-corrected chi connectivity index (χ1v) is 4.61. The lowest BCUT2D eigenvalue weighted by molar-refractivity contribution is -0.402. The molecule has 0 saturated carbocycles. The van der Waals surface area contributed by atoms with Crippen LogP contribution in [0.1, 0.15) is 24.6 Å². The molecule has 0 fully saturated rings. The number of nitro groups is 1. The lowest BCUT2D eigenvalue weighted by Gasteiger charge is -2.06. The molecule has 0 aliphatic carbocycles. The number of ether oxygens (including phenoxy) is 1. The van der Waals surface area contributed by atoms with Crippen LogP contribution in [0.3, 0.4) is 0 Å². The van der Waals surface area contributed by atoms with Crippen molar-refractivity contribution in [1.82, 2.24) is 0 Å². The summed E-state index contributed by atoms with van der Waals surface area (Å²) in [6, 6.07) is 2.11. The van der Waals surface area contributed by atoms with Crippen LogP contribution >= 0.6 is 0 Å². The molecule has 1 rings (SSSR count). The number of furan rings is 1. The van der Waals surface area contributed by atoms with E-state index >= 15 is 0 Å². The maximum absolute atomic E-state index is 10.8. The fourth-order valence-electron chi connectivity index (χ4n) is 1.16. The van der Waals surface area contributed by atoms with Gasteiger partial charge in [-0.05, 0) is 12.5 Å². The molecular formula is C9H12N2O5. The van der Waals surface area contributed by atoms with Crippen molar-refractivity contribution < 1.29 is 18.9 Å². The summed E-state index contributed by atoms with van der Waals surface area (Å²) in [5.74, 6) is -0.448. The number of esters is 1. The second-order valence-electron chi connectivity index (χ2n) is 3.15. The summed E-state index contributed by atoms with van der Waals surface area (Å²) in [6.45, 7) is 0. The lowest BCUT2D eigenvalue weighted by Crippen LogP contribution is -2.12. The van der Waals surface area contributed by atoms with Crippen molar-refractivity contribution in [2.45, 2.75) is 18.9 Å². The number of rotatable bonds is 5. The summed E-state index contributed by atoms with van der Waals surface area (Å²) in [4.78, 5) is 20.5. The molecular weight excluding hydrogens is 216 g/mol. The molecule has 0 bridgehead atoms. The highest BCUT2D eigenvalue weighted by molar-refractivity contribution is 5.69. The molecule has 0 aliphatic heterocycles. The van der Waals surface area contributed by atoms with E-state index in [1.165, 1.54) is 19.2 Å². The summed E-state index contributed by atoms with van der Waals surface area (Å²) in [7, 11) is 1.28. The molecule has 1 atom stereocenters. The minimum Gasteiger partial charge on any atom is -0.469 e. The molecule has 0 aromatic carbocycles. The van der Waals surface area contributed by atoms with Crippen LogP contribution in [0.2, 0.25) is 0 Å². The first kappa shape index (κ1) is 12.2. The fraction of sp³-hybridized carbons (Fsp3) is 0.444. The third-order valence-electron chi connectivity index (χ3n) is 2.05. The predicted molar refractivity (Wildman–Crippen MR) is 53.5 cm³/mol. The van der Waals surface area contributed by atoms with Gasteiger partial charge < -0.3 is 14.9 Å². The number of carbonyl (C=O) groups excluding carboxylic acids is 1. The minimum atomic E-state index is -0.642. The van der Waals surface area contributed by atoms with Gasteiger partial charge in [-0.3, -0.25) is 14.9 Å². The van der Waals surface area contributed by atoms with E-state index in [1.807, 2.05) is 0 Å². The summed E-state index contributed by atoms with van der Waals surface area (Å²) in [6.07, 6.45) is 0.462. The number of carbonyl (C=O) groups is 1. The van der Waals surface area contributed by atoms with Gasteiger partial charge in [-0.25, -0.2) is 0 Å². The SMILES string of the molecule is COC(=O)CCC(N)c1ccc([N+](=O)[O-])o1. The molecule has 2 N–H and O–H groups in total. The Morgan fingerprint density at radius 1 is 1.69 bits per heavy atom. The van der Waals surface area contributed by atoms with Crippen LogP contribution in [0, 0.1) is 10.1 Å². The van der Waals surface area contributed by atoms with E-state index in [0.717, 1.165) is 0 Å². The van der Waals surface area contributed by atoms with Gasteiger partial charge in [0.1, 0.15) is 10.7 Å². The predicted octanol–water partition coefficient (Wildman–Crippen LogP) is 1.14. The molecule has 7 heteroatoms. The Kier molecular flexibility index (Phi) is 4.01. The molecule has 0 spiro atoms. The quantitative estimate of drug-likeness (QED) is 0.459. The first-order chi connectivity index (χ1) is 7.54. The lowest BCUT2D eigenvalue weighted by atomic mass is 10.1. The van der Waals surface area contributed by atoms with Gasteiger partial charge in [0.25, 0.3) is 0 Å². The van der Waals surface area contributed by atoms with E-state index in [9.17, 15) is 14.9 Å². The second kappa shape index (κ2) is 5.26. The third kappa shape index (κ3) is 3.06. The zero-order valence-electron chi connectivity index (χ0n) is 8.71. The average molecular weight is 228 g/mol. The Morgan fingerprint density at radius 3 is 2.88 bits per heavy atom. The highest BCUT2D eigenvalue weighted by atomic mass is 16.6. The first-order valence-electron chi connectivity index (χ1n) is 4.61. The zero-order valence-corrected chi connectivity index (χ0v) is 8.71. The second-order valence-corrected chi connectivity index (χ2v) is 3.15. The van der Waals surface area contributed by atoms with E-state index in [2.05, 4.69) is 4.74 Å². The maximum atomic E-state index is 10.8. The van der Waals surface area contributed by atoms with Gasteiger partial charge in [-0.15, -0.1) is 0 Å². The van der Waals surface area contributed by atoms with E-state index in [4.69, 9.17) is 10.2 Å². The fourth-order valence-corrected chi connectivity index (χ4v) is 1.16. The third-order valence-corrected chi connectivity index (χ3v) is 2.05. The Balaban J connectivity index is 2.55. The van der Waals surface area contributed by atoms with Crippen LogP contribution in [0.4, 0.5) is 5.88 Å². The highest BCUT2D eigenvalue weighted by Crippen LogP contribution is 2.22. The molecule has 1 aromatic rings. The van der Waals surface area contributed by atoms with Crippen molar-refractivity contribution in [3.05, 3.63) is 28.0 Å². The van der Waals surface area contributed by atoms with Gasteiger partial charge in [0.2, 0.25) is 0 Å². The van der Waals surface area contributed by atoms with E-state index in [0.29, 0.717) is 6.42 Å². The van der Waals surface area contributed by atoms with Crippen LogP contribution < -0.4 is 5.73 Å². The van der Waals surface area contributed by atoms with Gasteiger partial charge in [-0.2, -0.15) is 0 Å². The van der Waals surface area contributed by atoms with Gasteiger partial charge in [-0.1, -0.05) is 0 Å². The molecule has 1 aromatic heterocycles. The number of nitrogens with zero attached hydrogens (tertiary/aromatic N) is 1. The van der Waals surface area contributed by atoms with E-state index < -0.39 is 11.0 Å². The van der Waals surface area contributed by atoms with Crippen molar-refractivity contribution in [2.24, 2.45) is 5.73 Å². The van der Waals surface area contributed by atoms with Crippen LogP contribution in [0.15, 0.2) is 16.5 Å². The van der Waals surface area contributed by atoms with Crippen LogP contribution in [0.5, 0.6) is 0 Å². The molecule has 16 heavy (non-hydrogen) atoms. The molecule has 0 aliphatic rings. The van der Waals surface area contributed by atoms with Gasteiger partial charge in [0, 0.05) is 6.42 Å². The summed E-state index contributed by atoms with van der Waals surface area (Å²) >= 11 is 0. The molecule has 88 valence electrons. The highest BCUT2D eigenvalue weighted by Gasteiger charge is 2.17. The van der Waals surface area contributed by atoms with Crippen molar-refractivity contribution in [2.75, 3.05) is 7.11 Å². The summed E-state index contributed by atoms with van der Waals surface area (Å²) in [5, 5.41) is 10.3. The van der Waals surface area contributed by atoms with Crippen molar-refractivity contribution in [3.8, 4) is 0 Å². The van der Waals surface area contributed by atoms with Gasteiger partial charge >= 0.3 is 11.9 Å². The molecule has 7 nitrogen and oxygen atoms in total. The number of hydrogen-bond donors (Lipinski definition) is 1. The van der Waals surface area contributed by atoms with E-state index in [-0.39, 0.29) is 24.0 Å². The summed E-state index contributed by atoms with van der Waals surface area (Å²) in [5.41, 5.74) is 5.69. The molecule has 0 radical (unpaired) electrons. The standard InChI is InChI=1S/C9H12N2O5/c1-15-9(12)5-2-6(10)7-3-4-8(16-7)11(13)14/h3-4,6H,2,5,10H2,1H3. The zero-order chi connectivity index (χ0) is 12.1. The monoisotopic (exact) mass is 228 g/mol. The Bertz CT molecular complexity index is 387. The maximum Gasteiger partial charge on any atom is 0.433 e. The van der Waals surface area contributed by atoms with Crippen molar-refractivity contribution in [1.29, 1.82) is 0 Å². The average Bonchev–Trinajstić information content (AvgIpc) is 2.74. The molecule has 0 amide bonds. The minimum absolute atomic E-state index is 0.145. The molecule has 1 heterocycles. The van der Waals surface area contributed by atoms with E-state index in [1.54, 1.807) is 0 Å².